The number of pyridine rings is 1. The van der Waals surface area contributed by atoms with Crippen LogP contribution in [-0.2, 0) is 18.2 Å². The number of anilines is 1. The molecular formula is C17H22N6O. The van der Waals surface area contributed by atoms with E-state index in [0.29, 0.717) is 6.04 Å². The number of H-pyrrole nitrogens is 1. The largest absolute Gasteiger partial charge is 0.381 e. The quantitative estimate of drug-likeness (QED) is 0.770. The molecule has 0 amide bonds. The van der Waals surface area contributed by atoms with Gasteiger partial charge in [-0.3, -0.25) is 9.78 Å². The number of nitrogens with zero attached hydrogens (tertiary/aromatic N) is 4. The van der Waals surface area contributed by atoms with Gasteiger partial charge in [-0.25, -0.2) is 4.98 Å². The monoisotopic (exact) mass is 326 g/mol. The highest BCUT2D eigenvalue weighted by Gasteiger charge is 2.20. The van der Waals surface area contributed by atoms with Crippen LogP contribution in [0.2, 0.25) is 0 Å². The minimum Gasteiger partial charge on any atom is -0.381 e. The molecule has 1 aliphatic heterocycles. The van der Waals surface area contributed by atoms with Crippen LogP contribution in [0.25, 0.3) is 22.3 Å². The Kier molecular flexibility index (Phi) is 3.93. The zero-order chi connectivity index (χ0) is 16.5. The van der Waals surface area contributed by atoms with Crippen LogP contribution < -0.4 is 5.32 Å². The Bertz CT molecular complexity index is 846. The first-order valence-corrected chi connectivity index (χ1v) is 8.47. The minimum absolute atomic E-state index is 0.385. The molecule has 24 heavy (non-hydrogen) atoms. The lowest BCUT2D eigenvalue weighted by Crippen LogP contribution is -2.28. The Labute approximate surface area is 140 Å². The molecule has 0 unspecified atom stereocenters. The number of rotatable bonds is 4. The van der Waals surface area contributed by atoms with E-state index in [2.05, 4.69) is 33.5 Å². The number of nitrogens with one attached hydrogen (secondary N) is 2. The van der Waals surface area contributed by atoms with E-state index in [4.69, 9.17) is 9.84 Å². The maximum absolute atomic E-state index is 5.45. The third-order valence-corrected chi connectivity index (χ3v) is 4.58. The molecule has 4 rings (SSSR count). The summed E-state index contributed by atoms with van der Waals surface area (Å²) in [5.74, 6) is 0.878. The van der Waals surface area contributed by atoms with E-state index in [1.165, 1.54) is 0 Å². The van der Waals surface area contributed by atoms with Crippen LogP contribution in [0.4, 0.5) is 5.82 Å². The van der Waals surface area contributed by atoms with E-state index in [9.17, 15) is 0 Å². The molecule has 0 aliphatic carbocycles. The normalized spacial score (nSPS) is 15.9. The van der Waals surface area contributed by atoms with E-state index in [0.717, 1.165) is 66.3 Å². The third-order valence-electron chi connectivity index (χ3n) is 4.58. The predicted octanol–water partition coefficient (Wildman–Crippen LogP) is 2.51. The fourth-order valence-electron chi connectivity index (χ4n) is 3.20. The molecule has 0 aromatic carbocycles. The number of hydrogen-bond donors (Lipinski definition) is 2. The van der Waals surface area contributed by atoms with Gasteiger partial charge in [-0.2, -0.15) is 10.2 Å². The second kappa shape index (κ2) is 6.24. The highest BCUT2D eigenvalue weighted by molar-refractivity contribution is 6.00. The van der Waals surface area contributed by atoms with Gasteiger partial charge in [-0.15, -0.1) is 0 Å². The predicted molar refractivity (Wildman–Crippen MR) is 92.9 cm³/mol. The van der Waals surface area contributed by atoms with Gasteiger partial charge in [0.2, 0.25) is 0 Å². The van der Waals surface area contributed by atoms with Gasteiger partial charge < -0.3 is 10.1 Å². The van der Waals surface area contributed by atoms with Crippen molar-refractivity contribution in [1.82, 2.24) is 25.0 Å². The van der Waals surface area contributed by atoms with Gasteiger partial charge in [0, 0.05) is 38.2 Å². The molecular weight excluding hydrogens is 304 g/mol. The molecule has 4 heterocycles. The highest BCUT2D eigenvalue weighted by atomic mass is 16.5. The molecule has 1 fully saturated rings. The molecule has 0 radical (unpaired) electrons. The van der Waals surface area contributed by atoms with Gasteiger partial charge >= 0.3 is 0 Å². The summed E-state index contributed by atoms with van der Waals surface area (Å²) in [4.78, 5) is 4.58. The average Bonchev–Trinajstić information content (AvgIpc) is 3.21. The molecule has 0 bridgehead atoms. The average molecular weight is 326 g/mol. The molecule has 1 aliphatic rings. The number of aromatic amines is 1. The summed E-state index contributed by atoms with van der Waals surface area (Å²) < 4.78 is 7.34. The molecule has 126 valence electrons. The summed E-state index contributed by atoms with van der Waals surface area (Å²) in [5, 5.41) is 16.8. The van der Waals surface area contributed by atoms with Gasteiger partial charge in [0.05, 0.1) is 10.9 Å². The molecule has 0 atom stereocenters. The Morgan fingerprint density at radius 1 is 1.38 bits per heavy atom. The first-order chi connectivity index (χ1) is 11.8. The second-order valence-corrected chi connectivity index (χ2v) is 6.19. The lowest BCUT2D eigenvalue weighted by molar-refractivity contribution is 0.0904. The zero-order valence-corrected chi connectivity index (χ0v) is 14.0. The first-order valence-electron chi connectivity index (χ1n) is 8.47. The van der Waals surface area contributed by atoms with Crippen molar-refractivity contribution >= 4 is 16.7 Å². The van der Waals surface area contributed by atoms with Crippen molar-refractivity contribution in [3.05, 3.63) is 24.0 Å². The van der Waals surface area contributed by atoms with Crippen molar-refractivity contribution < 1.29 is 4.74 Å². The summed E-state index contributed by atoms with van der Waals surface area (Å²) in [6.07, 6.45) is 4.74. The van der Waals surface area contributed by atoms with Crippen LogP contribution in [0.1, 0.15) is 25.5 Å². The van der Waals surface area contributed by atoms with Crippen molar-refractivity contribution in [1.29, 1.82) is 0 Å². The Morgan fingerprint density at radius 3 is 2.96 bits per heavy atom. The highest BCUT2D eigenvalue weighted by Crippen LogP contribution is 2.32. The van der Waals surface area contributed by atoms with Crippen molar-refractivity contribution in [3.8, 4) is 11.4 Å². The van der Waals surface area contributed by atoms with E-state index in [1.54, 1.807) is 0 Å². The van der Waals surface area contributed by atoms with Crippen molar-refractivity contribution in [2.24, 2.45) is 7.05 Å². The van der Waals surface area contributed by atoms with E-state index in [1.807, 2.05) is 24.0 Å². The van der Waals surface area contributed by atoms with Gasteiger partial charge in [0.15, 0.2) is 0 Å². The summed E-state index contributed by atoms with van der Waals surface area (Å²) in [5.41, 5.74) is 3.88. The lowest BCUT2D eigenvalue weighted by atomic mass is 10.1. The number of aryl methyl sites for hydroxylation is 2. The molecule has 3 aromatic heterocycles. The standard InChI is InChI=1S/C17H22N6O/c1-3-11-10-13(21-20-11)16-15-14(23(2)22-16)4-7-18-17(15)19-12-5-8-24-9-6-12/h4,7,10,12H,3,5-6,8-9H2,1-2H3,(H,18,19)(H,20,21). The number of fused-ring (bicyclic) bond motifs is 1. The molecule has 7 heteroatoms. The summed E-state index contributed by atoms with van der Waals surface area (Å²) >= 11 is 0. The lowest BCUT2D eigenvalue weighted by Gasteiger charge is -2.23. The number of aromatic nitrogens is 5. The number of ether oxygens (including phenoxy) is 1. The van der Waals surface area contributed by atoms with Crippen LogP contribution in [0.3, 0.4) is 0 Å². The van der Waals surface area contributed by atoms with Crippen LogP contribution >= 0.6 is 0 Å². The van der Waals surface area contributed by atoms with E-state index >= 15 is 0 Å². The maximum Gasteiger partial charge on any atom is 0.137 e. The van der Waals surface area contributed by atoms with E-state index < -0.39 is 0 Å². The van der Waals surface area contributed by atoms with Crippen LogP contribution in [0, 0.1) is 0 Å². The van der Waals surface area contributed by atoms with Gasteiger partial charge in [-0.1, -0.05) is 6.92 Å². The summed E-state index contributed by atoms with van der Waals surface area (Å²) in [6.45, 7) is 3.70. The molecule has 2 N–H and O–H groups in total. The SMILES string of the molecule is CCc1cc(-c2nn(C)c3ccnc(NC4CCOCC4)c23)n[nH]1. The van der Waals surface area contributed by atoms with Crippen LogP contribution in [0.5, 0.6) is 0 Å². The fourth-order valence-corrected chi connectivity index (χ4v) is 3.20. The molecule has 0 saturated carbocycles. The third kappa shape index (κ3) is 2.65. The van der Waals surface area contributed by atoms with Gasteiger partial charge in [-0.05, 0) is 31.4 Å². The number of hydrogen-bond acceptors (Lipinski definition) is 5. The van der Waals surface area contributed by atoms with Gasteiger partial charge in [0.1, 0.15) is 17.2 Å². The summed E-state index contributed by atoms with van der Waals surface area (Å²) in [6, 6.07) is 4.44. The molecule has 3 aromatic rings. The maximum atomic E-state index is 5.45. The first kappa shape index (κ1) is 15.1. The zero-order valence-electron chi connectivity index (χ0n) is 14.0. The van der Waals surface area contributed by atoms with Crippen molar-refractivity contribution in [2.45, 2.75) is 32.2 Å². The van der Waals surface area contributed by atoms with Gasteiger partial charge in [0.25, 0.3) is 0 Å². The Balaban J connectivity index is 1.79. The van der Waals surface area contributed by atoms with Crippen molar-refractivity contribution in [3.63, 3.8) is 0 Å². The molecule has 0 spiro atoms. The Morgan fingerprint density at radius 2 is 2.21 bits per heavy atom. The minimum atomic E-state index is 0.385. The smallest absolute Gasteiger partial charge is 0.137 e. The van der Waals surface area contributed by atoms with Crippen molar-refractivity contribution in [2.75, 3.05) is 18.5 Å². The summed E-state index contributed by atoms with van der Waals surface area (Å²) in [7, 11) is 1.96. The molecule has 1 saturated heterocycles. The van der Waals surface area contributed by atoms with E-state index in [-0.39, 0.29) is 0 Å². The Hall–Kier alpha value is -2.41. The molecule has 7 nitrogen and oxygen atoms in total. The second-order valence-electron chi connectivity index (χ2n) is 6.19. The fraction of sp³-hybridized carbons (Fsp3) is 0.471. The van der Waals surface area contributed by atoms with Crippen LogP contribution in [-0.4, -0.2) is 44.2 Å². The van der Waals surface area contributed by atoms with Crippen LogP contribution in [0.15, 0.2) is 18.3 Å². The topological polar surface area (TPSA) is 80.7 Å².